The minimum atomic E-state index is -0.362. The first-order valence-electron chi connectivity index (χ1n) is 9.62. The molecule has 7 heteroatoms. The van der Waals surface area contributed by atoms with Gasteiger partial charge in [0.15, 0.2) is 0 Å². The van der Waals surface area contributed by atoms with Crippen molar-refractivity contribution in [3.63, 3.8) is 0 Å². The minimum Gasteiger partial charge on any atom is -0.311 e. The van der Waals surface area contributed by atoms with Crippen molar-refractivity contribution in [2.45, 2.75) is 51.4 Å². The predicted octanol–water partition coefficient (Wildman–Crippen LogP) is 3.89. The summed E-state index contributed by atoms with van der Waals surface area (Å²) in [5, 5.41) is 12.9. The molecule has 0 radical (unpaired) electrons. The zero-order valence-electron chi connectivity index (χ0n) is 15.5. The van der Waals surface area contributed by atoms with Crippen molar-refractivity contribution in [1.82, 2.24) is 10.2 Å². The lowest BCUT2D eigenvalue weighted by molar-refractivity contribution is -0.122. The van der Waals surface area contributed by atoms with Crippen molar-refractivity contribution in [1.29, 1.82) is 0 Å². The van der Waals surface area contributed by atoms with Crippen molar-refractivity contribution < 1.29 is 9.59 Å². The average Bonchev–Trinajstić information content (AvgIpc) is 3.30. The fourth-order valence-corrected chi connectivity index (χ4v) is 4.90. The molecule has 1 aliphatic heterocycles. The molecule has 2 aliphatic rings. The lowest BCUT2D eigenvalue weighted by Gasteiger charge is -2.18. The number of rotatable bonds is 4. The van der Waals surface area contributed by atoms with Gasteiger partial charge >= 0.3 is 0 Å². The summed E-state index contributed by atoms with van der Waals surface area (Å²) in [5.41, 5.74) is 1.92. The summed E-state index contributed by atoms with van der Waals surface area (Å²) in [5.74, 6) is -0.0407. The predicted molar refractivity (Wildman–Crippen MR) is 106 cm³/mol. The second-order valence-corrected chi connectivity index (χ2v) is 8.47. The summed E-state index contributed by atoms with van der Waals surface area (Å²) < 4.78 is 0. The summed E-state index contributed by atoms with van der Waals surface area (Å²) in [6.45, 7) is 2.38. The molecular formula is C20H24N4O2S. The molecule has 27 heavy (non-hydrogen) atoms. The summed E-state index contributed by atoms with van der Waals surface area (Å²) in [7, 11) is 0. The number of anilines is 2. The fourth-order valence-electron chi connectivity index (χ4n) is 3.99. The van der Waals surface area contributed by atoms with E-state index in [0.717, 1.165) is 29.1 Å². The maximum absolute atomic E-state index is 12.7. The van der Waals surface area contributed by atoms with E-state index >= 15 is 0 Å². The maximum Gasteiger partial charge on any atom is 0.231 e. The van der Waals surface area contributed by atoms with Crippen LogP contribution in [0.25, 0.3) is 0 Å². The fraction of sp³-hybridized carbons (Fsp3) is 0.500. The van der Waals surface area contributed by atoms with E-state index in [1.807, 2.05) is 31.2 Å². The van der Waals surface area contributed by atoms with E-state index < -0.39 is 0 Å². The molecule has 1 N–H and O–H groups in total. The molecule has 2 amide bonds. The number of amides is 2. The zero-order chi connectivity index (χ0) is 18.8. The molecule has 0 spiro atoms. The Balaban J connectivity index is 1.40. The summed E-state index contributed by atoms with van der Waals surface area (Å²) in [6.07, 6.45) is 6.33. The van der Waals surface area contributed by atoms with E-state index in [2.05, 4.69) is 15.5 Å². The molecular weight excluding hydrogens is 360 g/mol. The van der Waals surface area contributed by atoms with Gasteiger partial charge in [-0.3, -0.25) is 9.59 Å². The smallest absolute Gasteiger partial charge is 0.231 e. The topological polar surface area (TPSA) is 75.2 Å². The van der Waals surface area contributed by atoms with E-state index in [4.69, 9.17) is 0 Å². The number of hydrogen-bond acceptors (Lipinski definition) is 5. The van der Waals surface area contributed by atoms with E-state index in [9.17, 15) is 9.59 Å². The van der Waals surface area contributed by atoms with Crippen LogP contribution in [0, 0.1) is 12.8 Å². The largest absolute Gasteiger partial charge is 0.311 e. The minimum absolute atomic E-state index is 0.00962. The number of aryl methyl sites for hydroxylation is 1. The number of aromatic nitrogens is 2. The summed E-state index contributed by atoms with van der Waals surface area (Å²) in [4.78, 5) is 26.8. The van der Waals surface area contributed by atoms with Gasteiger partial charge in [0.05, 0.1) is 5.92 Å². The van der Waals surface area contributed by atoms with Gasteiger partial charge in [-0.15, -0.1) is 10.2 Å². The van der Waals surface area contributed by atoms with Crippen LogP contribution in [0.5, 0.6) is 0 Å². The SMILES string of the molecule is Cc1ccccc1N1C[C@@H](C(=O)Nc2nnc(C3CCCCC3)s2)CC1=O. The standard InChI is InChI=1S/C20H24N4O2S/c1-13-7-5-6-10-16(13)24-12-15(11-17(24)25)18(26)21-20-23-22-19(27-20)14-8-3-2-4-9-14/h5-7,10,14-15H,2-4,8-9,11-12H2,1H3,(H,21,23,26)/t15-/m0/s1. The molecule has 1 aliphatic carbocycles. The number of nitrogens with one attached hydrogen (secondary N) is 1. The molecule has 6 nitrogen and oxygen atoms in total. The van der Waals surface area contributed by atoms with Gasteiger partial charge in [0.25, 0.3) is 0 Å². The second kappa shape index (κ2) is 7.76. The molecule has 1 saturated carbocycles. The number of nitrogens with zero attached hydrogens (tertiary/aromatic N) is 3. The van der Waals surface area contributed by atoms with Crippen LogP contribution in [0.1, 0.15) is 55.0 Å². The van der Waals surface area contributed by atoms with Gasteiger partial charge in [0.1, 0.15) is 5.01 Å². The molecule has 142 valence electrons. The van der Waals surface area contributed by atoms with E-state index in [-0.39, 0.29) is 24.2 Å². The molecule has 0 unspecified atom stereocenters. The summed E-state index contributed by atoms with van der Waals surface area (Å²) >= 11 is 1.47. The van der Waals surface area contributed by atoms with E-state index in [1.165, 1.54) is 30.6 Å². The number of para-hydroxylation sites is 1. The molecule has 1 aromatic heterocycles. The second-order valence-electron chi connectivity index (χ2n) is 7.46. The monoisotopic (exact) mass is 384 g/mol. The van der Waals surface area contributed by atoms with Crippen molar-refractivity contribution in [2.24, 2.45) is 5.92 Å². The Morgan fingerprint density at radius 3 is 2.74 bits per heavy atom. The Bertz CT molecular complexity index is 844. The highest BCUT2D eigenvalue weighted by Gasteiger charge is 2.36. The first-order chi connectivity index (χ1) is 13.1. The number of hydrogen-bond donors (Lipinski definition) is 1. The molecule has 1 saturated heterocycles. The first kappa shape index (κ1) is 18.1. The lowest BCUT2D eigenvalue weighted by atomic mass is 9.90. The van der Waals surface area contributed by atoms with Gasteiger partial charge in [-0.1, -0.05) is 48.8 Å². The highest BCUT2D eigenvalue weighted by molar-refractivity contribution is 7.15. The molecule has 2 heterocycles. The Morgan fingerprint density at radius 1 is 1.19 bits per heavy atom. The van der Waals surface area contributed by atoms with E-state index in [0.29, 0.717) is 17.6 Å². The molecule has 0 bridgehead atoms. The van der Waals surface area contributed by atoms with Crippen molar-refractivity contribution >= 4 is 34.0 Å². The number of carbonyl (C=O) groups excluding carboxylic acids is 2. The van der Waals surface area contributed by atoms with Crippen LogP contribution in [-0.2, 0) is 9.59 Å². The zero-order valence-corrected chi connectivity index (χ0v) is 16.3. The van der Waals surface area contributed by atoms with E-state index in [1.54, 1.807) is 4.90 Å². The van der Waals surface area contributed by atoms with Crippen LogP contribution in [0.15, 0.2) is 24.3 Å². The lowest BCUT2D eigenvalue weighted by Crippen LogP contribution is -2.28. The van der Waals surface area contributed by atoms with Crippen LogP contribution in [-0.4, -0.2) is 28.6 Å². The Morgan fingerprint density at radius 2 is 1.96 bits per heavy atom. The molecule has 1 aromatic carbocycles. The van der Waals surface area contributed by atoms with Crippen LogP contribution in [0.4, 0.5) is 10.8 Å². The van der Waals surface area contributed by atoms with Gasteiger partial charge in [0.2, 0.25) is 16.9 Å². The number of benzene rings is 1. The molecule has 1 atom stereocenters. The van der Waals surface area contributed by atoms with Crippen molar-refractivity contribution in [2.75, 3.05) is 16.8 Å². The van der Waals surface area contributed by atoms with Crippen LogP contribution < -0.4 is 10.2 Å². The van der Waals surface area contributed by atoms with Gasteiger partial charge in [0, 0.05) is 24.6 Å². The van der Waals surface area contributed by atoms with Gasteiger partial charge in [-0.2, -0.15) is 0 Å². The first-order valence-corrected chi connectivity index (χ1v) is 10.4. The Kier molecular flexibility index (Phi) is 5.20. The average molecular weight is 385 g/mol. The quantitative estimate of drug-likeness (QED) is 0.868. The maximum atomic E-state index is 12.7. The van der Waals surface area contributed by atoms with Crippen LogP contribution >= 0.6 is 11.3 Å². The van der Waals surface area contributed by atoms with Crippen LogP contribution in [0.3, 0.4) is 0 Å². The third kappa shape index (κ3) is 3.88. The van der Waals surface area contributed by atoms with Gasteiger partial charge < -0.3 is 10.2 Å². The molecule has 2 fully saturated rings. The summed E-state index contributed by atoms with van der Waals surface area (Å²) in [6, 6.07) is 7.76. The van der Waals surface area contributed by atoms with Gasteiger partial charge in [-0.25, -0.2) is 0 Å². The number of carbonyl (C=O) groups is 2. The van der Waals surface area contributed by atoms with Crippen molar-refractivity contribution in [3.8, 4) is 0 Å². The normalized spacial score (nSPS) is 20.9. The Labute approximate surface area is 163 Å². The molecule has 2 aromatic rings. The Hall–Kier alpha value is -2.28. The van der Waals surface area contributed by atoms with Crippen molar-refractivity contribution in [3.05, 3.63) is 34.8 Å². The third-order valence-electron chi connectivity index (χ3n) is 5.53. The van der Waals surface area contributed by atoms with Crippen LogP contribution in [0.2, 0.25) is 0 Å². The third-order valence-corrected chi connectivity index (χ3v) is 6.53. The van der Waals surface area contributed by atoms with Gasteiger partial charge in [-0.05, 0) is 31.4 Å². The molecule has 4 rings (SSSR count). The highest BCUT2D eigenvalue weighted by atomic mass is 32.1. The highest BCUT2D eigenvalue weighted by Crippen LogP contribution is 2.35.